The number of carbonyl (C=O) groups is 2. The average Bonchev–Trinajstić information content (AvgIpc) is 3.13. The van der Waals surface area contributed by atoms with Crippen molar-refractivity contribution in [1.29, 1.82) is 0 Å². The van der Waals surface area contributed by atoms with Crippen LogP contribution in [0.5, 0.6) is 0 Å². The predicted molar refractivity (Wildman–Crippen MR) is 76.6 cm³/mol. The topological polar surface area (TPSA) is 85.8 Å². The number of carbonyl (C=O) groups excluding carboxylic acids is 2. The molecule has 1 aliphatic carbocycles. The average molecular weight is 294 g/mol. The van der Waals surface area contributed by atoms with Gasteiger partial charge in [0.05, 0.1) is 19.7 Å². The summed E-state index contributed by atoms with van der Waals surface area (Å²) in [7, 11) is 1.31. The molecule has 1 atom stereocenters. The zero-order valence-electron chi connectivity index (χ0n) is 12.5. The first-order valence-electron chi connectivity index (χ1n) is 7.25. The van der Waals surface area contributed by atoms with E-state index in [0.29, 0.717) is 11.8 Å². The van der Waals surface area contributed by atoms with Crippen molar-refractivity contribution in [1.82, 2.24) is 4.90 Å². The van der Waals surface area contributed by atoms with Gasteiger partial charge in [-0.05, 0) is 31.9 Å². The first kappa shape index (κ1) is 15.6. The minimum atomic E-state index is -0.504. The highest BCUT2D eigenvalue weighted by Gasteiger charge is 2.30. The number of hydrogen-bond acceptors (Lipinski definition) is 5. The standard InChI is InChI=1S/C15H22N2O4/c1-10(12-7-8-13(21-12)15(19)20-2)17(9-14(16)18)11-5-3-4-6-11/h7-8,10-11H,3-6,9H2,1-2H3,(H2,16,18). The van der Waals surface area contributed by atoms with E-state index in [1.165, 1.54) is 7.11 Å². The van der Waals surface area contributed by atoms with Gasteiger partial charge in [0.25, 0.3) is 0 Å². The maximum atomic E-state index is 11.4. The number of methoxy groups -OCH3 is 1. The van der Waals surface area contributed by atoms with E-state index in [-0.39, 0.29) is 24.3 Å². The number of ether oxygens (including phenoxy) is 1. The molecule has 0 aliphatic heterocycles. The van der Waals surface area contributed by atoms with Crippen LogP contribution in [0.25, 0.3) is 0 Å². The SMILES string of the molecule is COC(=O)c1ccc(C(C)N(CC(N)=O)C2CCCC2)o1. The van der Waals surface area contributed by atoms with Crippen molar-refractivity contribution in [2.45, 2.75) is 44.7 Å². The smallest absolute Gasteiger partial charge is 0.373 e. The Morgan fingerprint density at radius 3 is 2.67 bits per heavy atom. The lowest BCUT2D eigenvalue weighted by Gasteiger charge is -2.32. The van der Waals surface area contributed by atoms with E-state index < -0.39 is 5.97 Å². The van der Waals surface area contributed by atoms with Crippen LogP contribution in [-0.4, -0.2) is 36.5 Å². The number of nitrogens with two attached hydrogens (primary N) is 1. The van der Waals surface area contributed by atoms with E-state index in [0.717, 1.165) is 25.7 Å². The molecule has 2 rings (SSSR count). The van der Waals surface area contributed by atoms with Crippen LogP contribution in [0.15, 0.2) is 16.5 Å². The van der Waals surface area contributed by atoms with Crippen molar-refractivity contribution >= 4 is 11.9 Å². The summed E-state index contributed by atoms with van der Waals surface area (Å²) in [5.41, 5.74) is 5.37. The highest BCUT2D eigenvalue weighted by Crippen LogP contribution is 2.31. The number of furan rings is 1. The van der Waals surface area contributed by atoms with Gasteiger partial charge in [-0.1, -0.05) is 12.8 Å². The van der Waals surface area contributed by atoms with Gasteiger partial charge in [0, 0.05) is 6.04 Å². The third-order valence-electron chi connectivity index (χ3n) is 4.05. The molecule has 0 spiro atoms. The molecular formula is C15H22N2O4. The van der Waals surface area contributed by atoms with Crippen molar-refractivity contribution < 1.29 is 18.7 Å². The first-order valence-corrected chi connectivity index (χ1v) is 7.25. The van der Waals surface area contributed by atoms with Crippen LogP contribution in [0, 0.1) is 0 Å². The molecule has 116 valence electrons. The Kier molecular flexibility index (Phi) is 5.01. The molecule has 1 saturated carbocycles. The summed E-state index contributed by atoms with van der Waals surface area (Å²) in [6.07, 6.45) is 4.45. The van der Waals surface area contributed by atoms with Gasteiger partial charge in [-0.15, -0.1) is 0 Å². The number of primary amides is 1. The Morgan fingerprint density at radius 1 is 1.43 bits per heavy atom. The summed E-state index contributed by atoms with van der Waals surface area (Å²) in [4.78, 5) is 24.9. The summed E-state index contributed by atoms with van der Waals surface area (Å²) in [6.45, 7) is 2.15. The third-order valence-corrected chi connectivity index (χ3v) is 4.05. The summed E-state index contributed by atoms with van der Waals surface area (Å²) < 4.78 is 10.2. The molecule has 21 heavy (non-hydrogen) atoms. The molecule has 6 heteroatoms. The van der Waals surface area contributed by atoms with Gasteiger partial charge in [0.2, 0.25) is 11.7 Å². The summed E-state index contributed by atoms with van der Waals surface area (Å²) in [5.74, 6) is -0.0439. The Bertz CT molecular complexity index is 506. The normalized spacial score (nSPS) is 17.1. The van der Waals surface area contributed by atoms with Crippen LogP contribution in [-0.2, 0) is 9.53 Å². The van der Waals surface area contributed by atoms with Gasteiger partial charge in [-0.2, -0.15) is 0 Å². The van der Waals surface area contributed by atoms with Gasteiger partial charge in [0.15, 0.2) is 0 Å². The van der Waals surface area contributed by atoms with Crippen LogP contribution in [0.1, 0.15) is 55.0 Å². The Morgan fingerprint density at radius 2 is 2.10 bits per heavy atom. The van der Waals surface area contributed by atoms with E-state index in [4.69, 9.17) is 10.2 Å². The predicted octanol–water partition coefficient (Wildman–Crippen LogP) is 1.86. The van der Waals surface area contributed by atoms with E-state index in [1.807, 2.05) is 6.92 Å². The van der Waals surface area contributed by atoms with Crippen molar-refractivity contribution in [3.05, 3.63) is 23.7 Å². The molecule has 2 N–H and O–H groups in total. The van der Waals surface area contributed by atoms with Crippen LogP contribution in [0.4, 0.5) is 0 Å². The summed E-state index contributed by atoms with van der Waals surface area (Å²) >= 11 is 0. The highest BCUT2D eigenvalue weighted by molar-refractivity contribution is 5.86. The lowest BCUT2D eigenvalue weighted by molar-refractivity contribution is -0.120. The Balaban J connectivity index is 2.16. The summed E-state index contributed by atoms with van der Waals surface area (Å²) in [5, 5.41) is 0. The summed E-state index contributed by atoms with van der Waals surface area (Å²) in [6, 6.07) is 3.56. The molecule has 1 aromatic rings. The highest BCUT2D eigenvalue weighted by atomic mass is 16.5. The largest absolute Gasteiger partial charge is 0.463 e. The first-order chi connectivity index (χ1) is 10.0. The fourth-order valence-corrected chi connectivity index (χ4v) is 2.95. The maximum Gasteiger partial charge on any atom is 0.373 e. The molecule has 1 unspecified atom stereocenters. The maximum absolute atomic E-state index is 11.4. The number of hydrogen-bond donors (Lipinski definition) is 1. The zero-order chi connectivity index (χ0) is 15.4. The van der Waals surface area contributed by atoms with Gasteiger partial charge in [-0.25, -0.2) is 4.79 Å². The number of esters is 1. The molecule has 1 aliphatic rings. The molecule has 1 heterocycles. The minimum absolute atomic E-state index is 0.112. The van der Waals surface area contributed by atoms with Gasteiger partial charge in [-0.3, -0.25) is 9.69 Å². The van der Waals surface area contributed by atoms with Gasteiger partial charge in [0.1, 0.15) is 5.76 Å². The molecule has 1 aromatic heterocycles. The third kappa shape index (κ3) is 3.64. The minimum Gasteiger partial charge on any atom is -0.463 e. The van der Waals surface area contributed by atoms with E-state index in [2.05, 4.69) is 9.64 Å². The molecule has 6 nitrogen and oxygen atoms in total. The molecule has 1 amide bonds. The van der Waals surface area contributed by atoms with E-state index >= 15 is 0 Å². The molecular weight excluding hydrogens is 272 g/mol. The Hall–Kier alpha value is -1.82. The van der Waals surface area contributed by atoms with Crippen molar-refractivity contribution in [2.24, 2.45) is 5.73 Å². The van der Waals surface area contributed by atoms with E-state index in [1.54, 1.807) is 12.1 Å². The lowest BCUT2D eigenvalue weighted by Crippen LogP contribution is -2.41. The number of nitrogens with zero attached hydrogens (tertiary/aromatic N) is 1. The molecule has 0 aromatic carbocycles. The van der Waals surface area contributed by atoms with Crippen LogP contribution < -0.4 is 5.73 Å². The zero-order valence-corrected chi connectivity index (χ0v) is 12.5. The molecule has 0 saturated heterocycles. The van der Waals surface area contributed by atoms with Gasteiger partial charge >= 0.3 is 5.97 Å². The van der Waals surface area contributed by atoms with Crippen LogP contribution >= 0.6 is 0 Å². The monoisotopic (exact) mass is 294 g/mol. The van der Waals surface area contributed by atoms with Crippen molar-refractivity contribution in [2.75, 3.05) is 13.7 Å². The second-order valence-electron chi connectivity index (χ2n) is 5.45. The van der Waals surface area contributed by atoms with E-state index in [9.17, 15) is 9.59 Å². The van der Waals surface area contributed by atoms with Crippen molar-refractivity contribution in [3.63, 3.8) is 0 Å². The lowest BCUT2D eigenvalue weighted by atomic mass is 10.1. The second kappa shape index (κ2) is 6.76. The molecule has 0 radical (unpaired) electrons. The van der Waals surface area contributed by atoms with Crippen molar-refractivity contribution in [3.8, 4) is 0 Å². The molecule has 1 fully saturated rings. The second-order valence-corrected chi connectivity index (χ2v) is 5.45. The number of rotatable bonds is 6. The molecule has 0 bridgehead atoms. The Labute approximate surface area is 124 Å². The quantitative estimate of drug-likeness (QED) is 0.809. The van der Waals surface area contributed by atoms with Gasteiger partial charge < -0.3 is 14.9 Å². The fraction of sp³-hybridized carbons (Fsp3) is 0.600. The fourth-order valence-electron chi connectivity index (χ4n) is 2.95. The van der Waals surface area contributed by atoms with Crippen LogP contribution in [0.3, 0.4) is 0 Å². The number of amides is 1. The van der Waals surface area contributed by atoms with Crippen LogP contribution in [0.2, 0.25) is 0 Å².